The van der Waals surface area contributed by atoms with Crippen molar-refractivity contribution in [3.63, 3.8) is 0 Å². The van der Waals surface area contributed by atoms with Crippen LogP contribution in [0.5, 0.6) is 0 Å². The van der Waals surface area contributed by atoms with Gasteiger partial charge < -0.3 is 15.3 Å². The fraction of sp³-hybridized carbons (Fsp3) is 0.346. The van der Waals surface area contributed by atoms with Crippen LogP contribution in [-0.2, 0) is 9.59 Å². The lowest BCUT2D eigenvalue weighted by Crippen LogP contribution is -2.49. The molecule has 1 aliphatic heterocycles. The number of likely N-dealkylation sites (tertiary alicyclic amines) is 1. The third-order valence-electron chi connectivity index (χ3n) is 6.61. The van der Waals surface area contributed by atoms with Crippen molar-refractivity contribution < 1.29 is 14.7 Å². The Morgan fingerprint density at radius 2 is 1.82 bits per heavy atom. The first kappa shape index (κ1) is 25.2. The fourth-order valence-corrected chi connectivity index (χ4v) is 4.81. The summed E-state index contributed by atoms with van der Waals surface area (Å²) in [6.45, 7) is 5.01. The van der Waals surface area contributed by atoms with Gasteiger partial charge in [0.25, 0.3) is 11.5 Å². The number of hydrogen-bond acceptors (Lipinski definition) is 8. The molecule has 0 bridgehead atoms. The lowest BCUT2D eigenvalue weighted by Gasteiger charge is -2.36. The SMILES string of the molecule is CC(=O)Nc1ccc(-c2ccc3ncc4c(=O)[nH]c(=O)n(C5CCN(C(=O)C(C)(C)O)CC5)c4c3n2)cn1. The average Bonchev–Trinajstić information content (AvgIpc) is 2.88. The number of aromatic amines is 1. The molecule has 4 aromatic rings. The molecule has 0 spiro atoms. The van der Waals surface area contributed by atoms with Crippen LogP contribution in [-0.4, -0.2) is 65.0 Å². The lowest BCUT2D eigenvalue weighted by molar-refractivity contribution is -0.149. The number of fused-ring (bicyclic) bond motifs is 3. The molecule has 2 amide bonds. The largest absolute Gasteiger partial charge is 0.381 e. The Morgan fingerprint density at radius 3 is 2.45 bits per heavy atom. The summed E-state index contributed by atoms with van der Waals surface area (Å²) in [6.07, 6.45) is 3.93. The topological polar surface area (TPSA) is 163 Å². The minimum Gasteiger partial charge on any atom is -0.381 e. The first-order valence-corrected chi connectivity index (χ1v) is 12.2. The molecule has 1 saturated heterocycles. The van der Waals surface area contributed by atoms with E-state index in [1.165, 1.54) is 27.0 Å². The second kappa shape index (κ2) is 9.45. The zero-order chi connectivity index (χ0) is 27.2. The number of aromatic nitrogens is 5. The number of rotatable bonds is 4. The highest BCUT2D eigenvalue weighted by atomic mass is 16.3. The summed E-state index contributed by atoms with van der Waals surface area (Å²) in [4.78, 5) is 67.1. The Morgan fingerprint density at radius 1 is 1.08 bits per heavy atom. The molecule has 1 aliphatic rings. The molecule has 5 heterocycles. The van der Waals surface area contributed by atoms with Gasteiger partial charge in [0.15, 0.2) is 0 Å². The number of aliphatic hydroxyl groups is 1. The molecule has 38 heavy (non-hydrogen) atoms. The zero-order valence-corrected chi connectivity index (χ0v) is 21.2. The Labute approximate surface area is 216 Å². The summed E-state index contributed by atoms with van der Waals surface area (Å²) in [7, 11) is 0. The summed E-state index contributed by atoms with van der Waals surface area (Å²) in [6, 6.07) is 6.65. The van der Waals surface area contributed by atoms with Crippen molar-refractivity contribution >= 4 is 39.6 Å². The smallest absolute Gasteiger partial charge is 0.329 e. The van der Waals surface area contributed by atoms with Gasteiger partial charge in [0.1, 0.15) is 16.9 Å². The van der Waals surface area contributed by atoms with Crippen LogP contribution in [0.4, 0.5) is 5.82 Å². The highest BCUT2D eigenvalue weighted by Gasteiger charge is 2.33. The van der Waals surface area contributed by atoms with E-state index in [0.29, 0.717) is 59.6 Å². The van der Waals surface area contributed by atoms with E-state index in [1.807, 2.05) is 0 Å². The van der Waals surface area contributed by atoms with Crippen LogP contribution in [0.2, 0.25) is 0 Å². The number of anilines is 1. The van der Waals surface area contributed by atoms with Crippen molar-refractivity contribution in [3.05, 3.63) is 57.5 Å². The summed E-state index contributed by atoms with van der Waals surface area (Å²) in [5.74, 6) is -0.192. The fourth-order valence-electron chi connectivity index (χ4n) is 4.81. The van der Waals surface area contributed by atoms with Crippen LogP contribution in [0, 0.1) is 0 Å². The first-order valence-electron chi connectivity index (χ1n) is 12.2. The van der Waals surface area contributed by atoms with E-state index in [2.05, 4.69) is 20.3 Å². The van der Waals surface area contributed by atoms with Gasteiger partial charge in [-0.25, -0.2) is 14.8 Å². The summed E-state index contributed by atoms with van der Waals surface area (Å²) in [5.41, 5.74) is -0.0863. The normalized spacial score (nSPS) is 14.7. The minimum absolute atomic E-state index is 0.231. The number of hydrogen-bond donors (Lipinski definition) is 3. The van der Waals surface area contributed by atoms with Crippen molar-refractivity contribution in [1.29, 1.82) is 0 Å². The molecule has 0 aromatic carbocycles. The Hall–Kier alpha value is -4.45. The summed E-state index contributed by atoms with van der Waals surface area (Å²) in [5, 5.41) is 13.0. The van der Waals surface area contributed by atoms with E-state index in [0.717, 1.165) is 0 Å². The van der Waals surface area contributed by atoms with Gasteiger partial charge in [0.05, 0.1) is 22.1 Å². The van der Waals surface area contributed by atoms with Crippen LogP contribution < -0.4 is 16.6 Å². The monoisotopic (exact) mass is 517 g/mol. The van der Waals surface area contributed by atoms with Gasteiger partial charge in [-0.3, -0.25) is 28.9 Å². The van der Waals surface area contributed by atoms with Gasteiger partial charge in [-0.2, -0.15) is 0 Å². The van der Waals surface area contributed by atoms with Crippen LogP contribution >= 0.6 is 0 Å². The number of carbonyl (C=O) groups excluding carboxylic acids is 2. The minimum atomic E-state index is -1.48. The molecule has 0 unspecified atom stereocenters. The molecule has 0 radical (unpaired) electrons. The molecule has 196 valence electrons. The number of nitrogens with one attached hydrogen (secondary N) is 2. The third-order valence-corrected chi connectivity index (χ3v) is 6.61. The molecule has 0 saturated carbocycles. The van der Waals surface area contributed by atoms with Gasteiger partial charge in [0, 0.05) is 44.0 Å². The average molecular weight is 518 g/mol. The summed E-state index contributed by atoms with van der Waals surface area (Å²) >= 11 is 0. The van der Waals surface area contributed by atoms with E-state index >= 15 is 0 Å². The second-order valence-corrected chi connectivity index (χ2v) is 9.91. The maximum Gasteiger partial charge on any atom is 0.329 e. The van der Waals surface area contributed by atoms with Crippen LogP contribution in [0.1, 0.15) is 39.7 Å². The summed E-state index contributed by atoms with van der Waals surface area (Å²) < 4.78 is 1.54. The van der Waals surface area contributed by atoms with Crippen molar-refractivity contribution in [2.75, 3.05) is 18.4 Å². The van der Waals surface area contributed by atoms with Gasteiger partial charge in [-0.05, 0) is 51.0 Å². The number of H-pyrrole nitrogens is 1. The second-order valence-electron chi connectivity index (χ2n) is 9.91. The van der Waals surface area contributed by atoms with E-state index in [9.17, 15) is 24.3 Å². The molecule has 0 atom stereocenters. The van der Waals surface area contributed by atoms with Crippen LogP contribution in [0.25, 0.3) is 33.2 Å². The van der Waals surface area contributed by atoms with Crippen molar-refractivity contribution in [2.24, 2.45) is 0 Å². The molecular formula is C26H27N7O5. The first-order chi connectivity index (χ1) is 18.0. The molecule has 12 heteroatoms. The van der Waals surface area contributed by atoms with Gasteiger partial charge >= 0.3 is 5.69 Å². The van der Waals surface area contributed by atoms with E-state index in [4.69, 9.17) is 4.98 Å². The van der Waals surface area contributed by atoms with Crippen LogP contribution in [0.15, 0.2) is 46.2 Å². The molecule has 3 N–H and O–H groups in total. The molecule has 4 aromatic heterocycles. The van der Waals surface area contributed by atoms with Crippen molar-refractivity contribution in [1.82, 2.24) is 29.4 Å². The van der Waals surface area contributed by atoms with E-state index in [1.54, 1.807) is 39.9 Å². The number of carbonyl (C=O) groups is 2. The van der Waals surface area contributed by atoms with Crippen molar-refractivity contribution in [2.45, 2.75) is 45.3 Å². The third kappa shape index (κ3) is 4.65. The lowest BCUT2D eigenvalue weighted by atomic mass is 10.0. The Balaban J connectivity index is 1.60. The predicted octanol–water partition coefficient (Wildman–Crippen LogP) is 1.59. The highest BCUT2D eigenvalue weighted by molar-refractivity contribution is 6.01. The Kier molecular flexibility index (Phi) is 6.27. The molecule has 12 nitrogen and oxygen atoms in total. The van der Waals surface area contributed by atoms with E-state index < -0.39 is 16.9 Å². The number of amides is 2. The van der Waals surface area contributed by atoms with Crippen LogP contribution in [0.3, 0.4) is 0 Å². The number of pyridine rings is 3. The van der Waals surface area contributed by atoms with E-state index in [-0.39, 0.29) is 23.2 Å². The number of piperidine rings is 1. The molecule has 5 rings (SSSR count). The Bertz CT molecular complexity index is 1680. The van der Waals surface area contributed by atoms with Gasteiger partial charge in [0.2, 0.25) is 5.91 Å². The zero-order valence-electron chi connectivity index (χ0n) is 21.2. The maximum atomic E-state index is 13.1. The standard InChI is InChI=1S/C26H27N7O5/c1-14(34)29-20-7-4-15(12-28-20)18-5-6-19-21(30-18)22-17(13-27-19)23(35)31-25(37)33(22)16-8-10-32(11-9-16)24(36)26(2,3)38/h4-7,12-13,16,38H,8-11H2,1-3H3,(H,28,29,34)(H,31,35,37). The number of nitrogens with zero attached hydrogens (tertiary/aromatic N) is 5. The van der Waals surface area contributed by atoms with Gasteiger partial charge in [-0.15, -0.1) is 0 Å². The van der Waals surface area contributed by atoms with Crippen molar-refractivity contribution in [3.8, 4) is 11.3 Å². The predicted molar refractivity (Wildman–Crippen MR) is 141 cm³/mol. The highest BCUT2D eigenvalue weighted by Crippen LogP contribution is 2.29. The maximum absolute atomic E-state index is 13.1. The molecule has 1 fully saturated rings. The molecular weight excluding hydrogens is 490 g/mol. The quantitative estimate of drug-likeness (QED) is 0.344. The van der Waals surface area contributed by atoms with Gasteiger partial charge in [-0.1, -0.05) is 0 Å². The molecule has 0 aliphatic carbocycles.